The Hall–Kier alpha value is -0.860. The molecule has 4 nitrogen and oxygen atoms in total. The Bertz CT molecular complexity index is 612. The van der Waals surface area contributed by atoms with Crippen molar-refractivity contribution in [2.75, 3.05) is 10.6 Å². The van der Waals surface area contributed by atoms with Crippen LogP contribution in [0.4, 0.5) is 18.9 Å². The SMILES string of the molecule is CC(O)(CBr)C(=O)Nc1ccc(C#N)c(C(F)(F)F)c1I. The summed E-state index contributed by atoms with van der Waals surface area (Å²) in [4.78, 5) is 11.8. The van der Waals surface area contributed by atoms with E-state index >= 15 is 0 Å². The largest absolute Gasteiger partial charge is 0.418 e. The quantitative estimate of drug-likeness (QED) is 0.519. The van der Waals surface area contributed by atoms with Crippen LogP contribution in [0.1, 0.15) is 18.1 Å². The molecule has 9 heteroatoms. The maximum Gasteiger partial charge on any atom is 0.418 e. The summed E-state index contributed by atoms with van der Waals surface area (Å²) in [6.45, 7) is 1.22. The van der Waals surface area contributed by atoms with E-state index in [9.17, 15) is 23.1 Å². The van der Waals surface area contributed by atoms with Crippen LogP contribution in [0.25, 0.3) is 0 Å². The summed E-state index contributed by atoms with van der Waals surface area (Å²) < 4.78 is 38.7. The molecule has 0 saturated carbocycles. The third-order valence-corrected chi connectivity index (χ3v) is 4.76. The Kier molecular flexibility index (Phi) is 5.63. The van der Waals surface area contributed by atoms with Gasteiger partial charge in [0, 0.05) is 5.33 Å². The lowest BCUT2D eigenvalue weighted by atomic mass is 10.1. The topological polar surface area (TPSA) is 73.1 Å². The minimum absolute atomic E-state index is 0.0786. The van der Waals surface area contributed by atoms with E-state index in [4.69, 9.17) is 5.26 Å². The van der Waals surface area contributed by atoms with E-state index in [0.717, 1.165) is 6.07 Å². The normalized spacial score (nSPS) is 14.2. The summed E-state index contributed by atoms with van der Waals surface area (Å²) >= 11 is 4.35. The number of rotatable bonds is 3. The number of nitrogens with one attached hydrogen (secondary N) is 1. The zero-order valence-corrected chi connectivity index (χ0v) is 14.3. The van der Waals surface area contributed by atoms with Crippen LogP contribution in [0.3, 0.4) is 0 Å². The van der Waals surface area contributed by atoms with Crippen molar-refractivity contribution in [1.82, 2.24) is 0 Å². The maximum atomic E-state index is 13.0. The van der Waals surface area contributed by atoms with Crippen molar-refractivity contribution in [1.29, 1.82) is 5.26 Å². The zero-order chi connectivity index (χ0) is 16.4. The number of nitrogens with zero attached hydrogens (tertiary/aromatic N) is 1. The average Bonchev–Trinajstić information content (AvgIpc) is 2.38. The molecule has 0 aromatic heterocycles. The van der Waals surface area contributed by atoms with Crippen molar-refractivity contribution in [2.24, 2.45) is 0 Å². The van der Waals surface area contributed by atoms with E-state index in [0.29, 0.717) is 0 Å². The fourth-order valence-corrected chi connectivity index (χ4v) is 2.53. The second-order valence-electron chi connectivity index (χ2n) is 4.32. The van der Waals surface area contributed by atoms with Crippen LogP contribution in [0.15, 0.2) is 12.1 Å². The number of amides is 1. The van der Waals surface area contributed by atoms with Crippen molar-refractivity contribution in [3.63, 3.8) is 0 Å². The van der Waals surface area contributed by atoms with Crippen molar-refractivity contribution in [3.05, 3.63) is 26.8 Å². The van der Waals surface area contributed by atoms with Gasteiger partial charge in [0.15, 0.2) is 0 Å². The number of hydrogen-bond donors (Lipinski definition) is 2. The number of benzene rings is 1. The molecule has 0 heterocycles. The molecular formula is C12H9BrF3IN2O2. The molecule has 0 fully saturated rings. The highest BCUT2D eigenvalue weighted by atomic mass is 127. The van der Waals surface area contributed by atoms with Gasteiger partial charge < -0.3 is 10.4 Å². The molecule has 0 aliphatic rings. The van der Waals surface area contributed by atoms with Crippen LogP contribution < -0.4 is 5.32 Å². The van der Waals surface area contributed by atoms with Crippen LogP contribution in [0.5, 0.6) is 0 Å². The molecular weight excluding hydrogens is 468 g/mol. The molecule has 0 aliphatic carbocycles. The number of nitriles is 1. The monoisotopic (exact) mass is 476 g/mol. The van der Waals surface area contributed by atoms with E-state index in [1.54, 1.807) is 0 Å². The summed E-state index contributed by atoms with van der Waals surface area (Å²) in [6, 6.07) is 3.64. The summed E-state index contributed by atoms with van der Waals surface area (Å²) in [7, 11) is 0. The molecule has 0 spiro atoms. The van der Waals surface area contributed by atoms with Crippen LogP contribution >= 0.6 is 38.5 Å². The molecule has 1 unspecified atom stereocenters. The number of anilines is 1. The first-order valence-corrected chi connectivity index (χ1v) is 7.64. The minimum atomic E-state index is -4.72. The molecule has 1 amide bonds. The van der Waals surface area contributed by atoms with Gasteiger partial charge in [-0.25, -0.2) is 0 Å². The lowest BCUT2D eigenvalue weighted by Crippen LogP contribution is -2.41. The van der Waals surface area contributed by atoms with Crippen molar-refractivity contribution >= 4 is 50.1 Å². The number of halogens is 5. The molecule has 1 aromatic rings. The van der Waals surface area contributed by atoms with E-state index in [-0.39, 0.29) is 14.6 Å². The molecule has 1 atom stereocenters. The Morgan fingerprint density at radius 3 is 2.52 bits per heavy atom. The Labute approximate surface area is 140 Å². The van der Waals surface area contributed by atoms with Gasteiger partial charge in [-0.1, -0.05) is 15.9 Å². The molecule has 114 valence electrons. The summed E-state index contributed by atoms with van der Waals surface area (Å²) in [5.74, 6) is -0.852. The number of hydrogen-bond acceptors (Lipinski definition) is 3. The van der Waals surface area contributed by atoms with Gasteiger partial charge in [-0.05, 0) is 41.6 Å². The van der Waals surface area contributed by atoms with Gasteiger partial charge >= 0.3 is 6.18 Å². The molecule has 0 radical (unpaired) electrons. The molecule has 1 rings (SSSR count). The van der Waals surface area contributed by atoms with E-state index in [1.807, 2.05) is 0 Å². The third kappa shape index (κ3) is 4.08. The van der Waals surface area contributed by atoms with Crippen LogP contribution in [-0.4, -0.2) is 21.9 Å². The molecule has 1 aromatic carbocycles. The van der Waals surface area contributed by atoms with Gasteiger partial charge in [0.05, 0.1) is 26.5 Å². The number of alkyl halides is 4. The fraction of sp³-hybridized carbons (Fsp3) is 0.333. The highest BCUT2D eigenvalue weighted by Crippen LogP contribution is 2.38. The Morgan fingerprint density at radius 2 is 2.10 bits per heavy atom. The predicted octanol–water partition coefficient (Wildman–Crippen LogP) is 3.27. The molecule has 2 N–H and O–H groups in total. The second kappa shape index (κ2) is 6.50. The van der Waals surface area contributed by atoms with Gasteiger partial charge in [0.2, 0.25) is 0 Å². The lowest BCUT2D eigenvalue weighted by Gasteiger charge is -2.21. The molecule has 0 aliphatic heterocycles. The van der Waals surface area contributed by atoms with Crippen molar-refractivity contribution < 1.29 is 23.1 Å². The molecule has 21 heavy (non-hydrogen) atoms. The second-order valence-corrected chi connectivity index (χ2v) is 5.96. The van der Waals surface area contributed by atoms with E-state index < -0.39 is 28.8 Å². The number of aliphatic hydroxyl groups is 1. The van der Waals surface area contributed by atoms with Crippen LogP contribution in [0.2, 0.25) is 0 Å². The maximum absolute atomic E-state index is 13.0. The Morgan fingerprint density at radius 1 is 1.52 bits per heavy atom. The standard InChI is InChI=1S/C12H9BrF3IN2O2/c1-11(21,5-13)10(20)19-7-3-2-6(4-18)8(9(7)17)12(14,15)16/h2-3,21H,5H2,1H3,(H,19,20). The van der Waals surface area contributed by atoms with E-state index in [1.165, 1.54) is 41.7 Å². The highest BCUT2D eigenvalue weighted by Gasteiger charge is 2.38. The highest BCUT2D eigenvalue weighted by molar-refractivity contribution is 14.1. The van der Waals surface area contributed by atoms with Crippen molar-refractivity contribution in [2.45, 2.75) is 18.7 Å². The predicted molar refractivity (Wildman–Crippen MR) is 81.9 cm³/mol. The van der Waals surface area contributed by atoms with Gasteiger partial charge in [-0.15, -0.1) is 0 Å². The summed E-state index contributed by atoms with van der Waals surface area (Å²) in [5, 5.41) is 20.6. The first-order chi connectivity index (χ1) is 9.54. The van der Waals surface area contributed by atoms with Gasteiger partial charge in [0.1, 0.15) is 5.60 Å². The summed E-state index contributed by atoms with van der Waals surface area (Å²) in [5.41, 5.74) is -3.53. The number of carbonyl (C=O) groups excluding carboxylic acids is 1. The van der Waals surface area contributed by atoms with Crippen LogP contribution in [0, 0.1) is 14.9 Å². The fourth-order valence-electron chi connectivity index (χ4n) is 1.36. The molecule has 0 bridgehead atoms. The van der Waals surface area contributed by atoms with Crippen molar-refractivity contribution in [3.8, 4) is 6.07 Å². The number of carbonyl (C=O) groups is 1. The smallest absolute Gasteiger partial charge is 0.379 e. The zero-order valence-electron chi connectivity index (χ0n) is 10.6. The first-order valence-electron chi connectivity index (χ1n) is 5.44. The summed E-state index contributed by atoms with van der Waals surface area (Å²) in [6.07, 6.45) is -4.72. The molecule has 0 saturated heterocycles. The average molecular weight is 477 g/mol. The van der Waals surface area contributed by atoms with Crippen LogP contribution in [-0.2, 0) is 11.0 Å². The van der Waals surface area contributed by atoms with Gasteiger partial charge in [0.25, 0.3) is 5.91 Å². The lowest BCUT2D eigenvalue weighted by molar-refractivity contribution is -0.138. The first kappa shape index (κ1) is 18.2. The van der Waals surface area contributed by atoms with E-state index in [2.05, 4.69) is 21.2 Å². The van der Waals surface area contributed by atoms with Gasteiger partial charge in [-0.3, -0.25) is 4.79 Å². The minimum Gasteiger partial charge on any atom is -0.379 e. The Balaban J connectivity index is 3.30. The third-order valence-electron chi connectivity index (χ3n) is 2.54. The van der Waals surface area contributed by atoms with Gasteiger partial charge in [-0.2, -0.15) is 18.4 Å².